The molecule has 3 aromatic rings. The third-order valence-corrected chi connectivity index (χ3v) is 7.28. The van der Waals surface area contributed by atoms with Crippen molar-refractivity contribution < 1.29 is 19.1 Å². The number of carbonyl (C=O) groups excluding carboxylic acids is 2. The quantitative estimate of drug-likeness (QED) is 0.392. The number of hydrogen-bond acceptors (Lipinski definition) is 5. The summed E-state index contributed by atoms with van der Waals surface area (Å²) >= 11 is 0. The van der Waals surface area contributed by atoms with Gasteiger partial charge in [0.15, 0.2) is 5.78 Å². The molecule has 1 aromatic heterocycles. The molecule has 1 aliphatic carbocycles. The van der Waals surface area contributed by atoms with E-state index in [9.17, 15) is 9.59 Å². The molecule has 2 aliphatic rings. The summed E-state index contributed by atoms with van der Waals surface area (Å²) < 4.78 is 11.9. The Labute approximate surface area is 224 Å². The van der Waals surface area contributed by atoms with Crippen LogP contribution in [-0.2, 0) is 10.2 Å². The number of amides is 1. The number of nitrogens with one attached hydrogen (secondary N) is 1. The molecule has 0 saturated heterocycles. The normalized spacial score (nSPS) is 16.8. The number of ether oxygens (including phenoxy) is 2. The molecular weight excluding hydrogens is 478 g/mol. The van der Waals surface area contributed by atoms with Gasteiger partial charge in [-0.25, -0.2) is 4.79 Å². The predicted molar refractivity (Wildman–Crippen MR) is 151 cm³/mol. The Kier molecular flexibility index (Phi) is 6.08. The smallest absolute Gasteiger partial charge is 0.410 e. The molecule has 1 aliphatic heterocycles. The SMILES string of the molecule is CC(C)Oc1cc2c(cc1C1=CCN(C(=O)OC(C)(C)C)CC1)C(=O)c1c([nH]c3cc(N)ccc13)C2(C)C. The first kappa shape index (κ1) is 25.9. The van der Waals surface area contributed by atoms with E-state index in [4.69, 9.17) is 15.2 Å². The van der Waals surface area contributed by atoms with Crippen LogP contribution in [0, 0.1) is 0 Å². The van der Waals surface area contributed by atoms with Crippen molar-refractivity contribution in [2.45, 2.75) is 72.0 Å². The van der Waals surface area contributed by atoms with Gasteiger partial charge in [0.1, 0.15) is 11.4 Å². The molecule has 0 spiro atoms. The molecule has 2 aromatic carbocycles. The van der Waals surface area contributed by atoms with Gasteiger partial charge < -0.3 is 25.1 Å². The molecule has 0 saturated carbocycles. The average molecular weight is 516 g/mol. The van der Waals surface area contributed by atoms with Gasteiger partial charge in [-0.15, -0.1) is 0 Å². The molecule has 0 unspecified atom stereocenters. The van der Waals surface area contributed by atoms with Gasteiger partial charge in [0.05, 0.1) is 11.7 Å². The number of nitrogen functional groups attached to an aromatic ring is 1. The number of carbonyl (C=O) groups is 2. The third kappa shape index (κ3) is 4.44. The predicted octanol–water partition coefficient (Wildman–Crippen LogP) is 6.43. The first-order valence-electron chi connectivity index (χ1n) is 13.2. The Balaban J connectivity index is 1.59. The van der Waals surface area contributed by atoms with Gasteiger partial charge in [0.25, 0.3) is 0 Å². The number of fused-ring (bicyclic) bond motifs is 4. The highest BCUT2D eigenvalue weighted by atomic mass is 16.6. The fourth-order valence-electron chi connectivity index (χ4n) is 5.48. The second-order valence-electron chi connectivity index (χ2n) is 12.1. The zero-order chi connectivity index (χ0) is 27.6. The number of benzene rings is 2. The van der Waals surface area contributed by atoms with Crippen LogP contribution in [0.4, 0.5) is 10.5 Å². The Hall–Kier alpha value is -3.74. The summed E-state index contributed by atoms with van der Waals surface area (Å²) in [5.41, 5.74) is 11.7. The van der Waals surface area contributed by atoms with Crippen molar-refractivity contribution in [3.63, 3.8) is 0 Å². The molecule has 5 rings (SSSR count). The summed E-state index contributed by atoms with van der Waals surface area (Å²) in [6, 6.07) is 9.66. The number of H-pyrrole nitrogens is 1. The molecule has 2 heterocycles. The topological polar surface area (TPSA) is 97.6 Å². The van der Waals surface area contributed by atoms with E-state index in [1.54, 1.807) is 4.90 Å². The molecule has 0 bridgehead atoms. The van der Waals surface area contributed by atoms with Crippen LogP contribution in [0.5, 0.6) is 5.75 Å². The lowest BCUT2D eigenvalue weighted by Crippen LogP contribution is -2.39. The molecule has 7 heteroatoms. The average Bonchev–Trinajstić information content (AvgIpc) is 3.21. The van der Waals surface area contributed by atoms with Gasteiger partial charge in [0, 0.05) is 51.9 Å². The van der Waals surface area contributed by atoms with Crippen molar-refractivity contribution in [2.24, 2.45) is 0 Å². The third-order valence-electron chi connectivity index (χ3n) is 7.28. The number of nitrogens with zero attached hydrogens (tertiary/aromatic N) is 1. The summed E-state index contributed by atoms with van der Waals surface area (Å²) in [5.74, 6) is 0.745. The van der Waals surface area contributed by atoms with Crippen molar-refractivity contribution in [1.29, 1.82) is 0 Å². The molecule has 200 valence electrons. The van der Waals surface area contributed by atoms with Gasteiger partial charge in [-0.3, -0.25) is 4.79 Å². The monoisotopic (exact) mass is 515 g/mol. The van der Waals surface area contributed by atoms with E-state index in [1.807, 2.05) is 71.0 Å². The van der Waals surface area contributed by atoms with Crippen LogP contribution in [0.2, 0.25) is 0 Å². The molecule has 1 amide bonds. The zero-order valence-electron chi connectivity index (χ0n) is 23.3. The van der Waals surface area contributed by atoms with E-state index in [1.165, 1.54) is 0 Å². The minimum Gasteiger partial charge on any atom is -0.490 e. The lowest BCUT2D eigenvalue weighted by atomic mass is 9.70. The number of rotatable bonds is 3. The summed E-state index contributed by atoms with van der Waals surface area (Å²) in [5, 5.41) is 0.881. The van der Waals surface area contributed by atoms with Crippen molar-refractivity contribution in [2.75, 3.05) is 18.8 Å². The summed E-state index contributed by atoms with van der Waals surface area (Å²) in [6.07, 6.45) is 2.33. The molecule has 38 heavy (non-hydrogen) atoms. The largest absolute Gasteiger partial charge is 0.490 e. The minimum absolute atomic E-state index is 0.00511. The van der Waals surface area contributed by atoms with E-state index in [2.05, 4.69) is 18.8 Å². The van der Waals surface area contributed by atoms with Gasteiger partial charge in [-0.1, -0.05) is 26.0 Å². The molecule has 0 atom stereocenters. The highest BCUT2D eigenvalue weighted by molar-refractivity contribution is 6.20. The van der Waals surface area contributed by atoms with Crippen molar-refractivity contribution in [3.05, 3.63) is 64.4 Å². The fourth-order valence-corrected chi connectivity index (χ4v) is 5.48. The Morgan fingerprint density at radius 1 is 1.13 bits per heavy atom. The maximum atomic E-state index is 14.0. The number of nitrogens with two attached hydrogens (primary N) is 1. The second-order valence-corrected chi connectivity index (χ2v) is 12.1. The van der Waals surface area contributed by atoms with Crippen LogP contribution in [0.15, 0.2) is 36.4 Å². The molecule has 3 N–H and O–H groups in total. The molecule has 7 nitrogen and oxygen atoms in total. The number of aromatic amines is 1. The lowest BCUT2D eigenvalue weighted by Gasteiger charge is -2.34. The van der Waals surface area contributed by atoms with Gasteiger partial charge >= 0.3 is 6.09 Å². The molecule has 0 fully saturated rings. The van der Waals surface area contributed by atoms with Crippen LogP contribution in [0.3, 0.4) is 0 Å². The van der Waals surface area contributed by atoms with Crippen LogP contribution >= 0.6 is 0 Å². The number of anilines is 1. The first-order valence-corrected chi connectivity index (χ1v) is 13.2. The van der Waals surface area contributed by atoms with Gasteiger partial charge in [-0.05, 0) is 76.4 Å². The maximum Gasteiger partial charge on any atom is 0.410 e. The van der Waals surface area contributed by atoms with Crippen LogP contribution in [0.25, 0.3) is 16.5 Å². The number of hydrogen-bond donors (Lipinski definition) is 2. The van der Waals surface area contributed by atoms with E-state index in [-0.39, 0.29) is 18.0 Å². The highest BCUT2D eigenvalue weighted by Crippen LogP contribution is 2.47. The summed E-state index contributed by atoms with van der Waals surface area (Å²) in [4.78, 5) is 31.8. The van der Waals surface area contributed by atoms with Crippen LogP contribution in [0.1, 0.15) is 87.6 Å². The fraction of sp³-hybridized carbons (Fsp3) is 0.419. The minimum atomic E-state index is -0.544. The highest BCUT2D eigenvalue weighted by Gasteiger charge is 2.41. The molecular formula is C31H37N3O4. The summed E-state index contributed by atoms with van der Waals surface area (Å²) in [7, 11) is 0. The first-order chi connectivity index (χ1) is 17.8. The second kappa shape index (κ2) is 8.93. The number of aromatic nitrogens is 1. The Morgan fingerprint density at radius 2 is 1.87 bits per heavy atom. The molecule has 0 radical (unpaired) electrons. The van der Waals surface area contributed by atoms with Gasteiger partial charge in [0.2, 0.25) is 0 Å². The Bertz CT molecular complexity index is 1490. The van der Waals surface area contributed by atoms with E-state index in [0.29, 0.717) is 36.3 Å². The van der Waals surface area contributed by atoms with Gasteiger partial charge in [-0.2, -0.15) is 0 Å². The van der Waals surface area contributed by atoms with Crippen LogP contribution in [-0.4, -0.2) is 46.6 Å². The van der Waals surface area contributed by atoms with Crippen molar-refractivity contribution in [3.8, 4) is 5.75 Å². The zero-order valence-corrected chi connectivity index (χ0v) is 23.3. The van der Waals surface area contributed by atoms with E-state index >= 15 is 0 Å². The Morgan fingerprint density at radius 3 is 2.50 bits per heavy atom. The maximum absolute atomic E-state index is 14.0. The van der Waals surface area contributed by atoms with E-state index < -0.39 is 11.0 Å². The lowest BCUT2D eigenvalue weighted by molar-refractivity contribution is 0.0270. The van der Waals surface area contributed by atoms with Crippen LogP contribution < -0.4 is 10.5 Å². The standard InChI is InChI=1S/C31H37N3O4/c1-17(2)37-25-16-23-22(15-21(25)18-10-12-34(13-11-18)29(36)38-30(3,4)5)27(35)26-20-9-8-19(32)14-24(20)33-28(26)31(23,6)7/h8-10,14-17,33H,11-13,32H2,1-7H3. The summed E-state index contributed by atoms with van der Waals surface area (Å²) in [6.45, 7) is 14.8. The van der Waals surface area contributed by atoms with Crippen molar-refractivity contribution >= 4 is 34.0 Å². The number of ketones is 1. The van der Waals surface area contributed by atoms with E-state index in [0.717, 1.165) is 39.0 Å². The van der Waals surface area contributed by atoms with Crippen molar-refractivity contribution in [1.82, 2.24) is 9.88 Å².